The smallest absolute Gasteiger partial charge is 0.220 e. The first-order chi connectivity index (χ1) is 42.1. The Bertz CT molecular complexity index is 3360. The van der Waals surface area contributed by atoms with Crippen molar-refractivity contribution in [3.63, 3.8) is 0 Å². The molecule has 5 aromatic rings. The SMILES string of the molecule is CC(C)(C)c1c(NCCOCCN)c(=O)c1=S.CN(C)CCOCCNc1c(C(C)(C)C)c(=S)c1=O.CN(CCOCCN)c1c(C(C)(C)C)c(=S)c1=O.CNCCOCCN(C)c1c(C(C)(C)C)c(=S)c1=O.CNCCOCCNc1c(C(C)(C)C)c(=S)c1=O. The van der Waals surface area contributed by atoms with Gasteiger partial charge in [0.15, 0.2) is 0 Å². The van der Waals surface area contributed by atoms with Gasteiger partial charge in [-0.25, -0.2) is 0 Å². The molecule has 0 aliphatic heterocycles. The lowest BCUT2D eigenvalue weighted by Gasteiger charge is -2.30. The average molecular weight is 1370 g/mol. The second-order valence-electron chi connectivity index (χ2n) is 27.5. The van der Waals surface area contributed by atoms with Crippen LogP contribution >= 0.6 is 61.1 Å². The molecule has 0 amide bonds. The van der Waals surface area contributed by atoms with E-state index in [0.29, 0.717) is 151 Å². The minimum absolute atomic E-state index is 0.00218. The summed E-state index contributed by atoms with van der Waals surface area (Å²) in [6, 6.07) is 0. The van der Waals surface area contributed by atoms with Gasteiger partial charge >= 0.3 is 0 Å². The van der Waals surface area contributed by atoms with E-state index in [9.17, 15) is 24.0 Å². The normalized spacial score (nSPS) is 12.1. The molecule has 0 saturated heterocycles. The lowest BCUT2D eigenvalue weighted by molar-refractivity contribution is 0.126. The summed E-state index contributed by atoms with van der Waals surface area (Å²) in [7, 11) is 11.6. The van der Waals surface area contributed by atoms with Crippen LogP contribution in [0.15, 0.2) is 24.0 Å². The molecule has 91 heavy (non-hydrogen) atoms. The Labute approximate surface area is 568 Å². The largest absolute Gasteiger partial charge is 0.379 e. The molecule has 0 heterocycles. The lowest BCUT2D eigenvalue weighted by Crippen LogP contribution is -2.36. The fourth-order valence-corrected chi connectivity index (χ4v) is 11.9. The summed E-state index contributed by atoms with van der Waals surface area (Å²) >= 11 is 25.6. The third kappa shape index (κ3) is 26.7. The Kier molecular flexibility index (Phi) is 37.3. The maximum atomic E-state index is 11.9. The minimum atomic E-state index is -0.0918. The summed E-state index contributed by atoms with van der Waals surface area (Å²) in [6.45, 7) is 43.9. The molecule has 0 aromatic heterocycles. The van der Waals surface area contributed by atoms with E-state index in [1.807, 2.05) is 72.9 Å². The fourth-order valence-electron chi connectivity index (χ4n) is 9.35. The number of nitrogens with two attached hydrogens (primary N) is 2. The van der Waals surface area contributed by atoms with E-state index < -0.39 is 0 Å². The summed E-state index contributed by atoms with van der Waals surface area (Å²) in [5.74, 6) is 0. The molecule has 0 spiro atoms. The van der Waals surface area contributed by atoms with E-state index in [4.69, 9.17) is 96.2 Å². The highest BCUT2D eigenvalue weighted by Crippen LogP contribution is 2.35. The maximum Gasteiger partial charge on any atom is 0.220 e. The van der Waals surface area contributed by atoms with E-state index in [1.165, 1.54) is 0 Å². The topological polar surface area (TPSA) is 253 Å². The molecule has 0 fully saturated rings. The standard InChI is InChI=1S/2C14H24N2O2S.2C13H22N2O2S.C12H20N2O2S/c1-14(2,3)10-11(12(17)13(10)19)15-6-8-18-9-7-16(4)5;1-14(2,3)10-11(12(17)13(10)19)16(5)7-9-18-8-6-15-4;1-13(2,3)9-10(11(16)12(9)18)15(4)6-8-17-7-5-14;1-13(2,3)9-10(11(16)12(9)18)15-6-8-17-7-5-14-4;1-12(2,3)8-9(10(15)11(8)17)14-5-7-16-6-4-13/h2*15H,6-9H2,1-5H3;5-8,14H2,1-4H3;14-15H,5-8H2,1-4H3;14H,4-7,13H2,1-3H3. The molecule has 0 aliphatic carbocycles. The Hall–Kier alpha value is -3.90. The third-order valence-electron chi connectivity index (χ3n) is 14.0. The van der Waals surface area contributed by atoms with E-state index in [0.717, 1.165) is 58.8 Å². The molecule has 0 aliphatic rings. The molecular weight excluding hydrogens is 1250 g/mol. The number of nitrogens with zero attached hydrogens (tertiary/aromatic N) is 3. The maximum absolute atomic E-state index is 11.9. The van der Waals surface area contributed by atoms with Crippen LogP contribution < -0.4 is 75.0 Å². The number of rotatable bonds is 33. The van der Waals surface area contributed by atoms with Crippen LogP contribution in [0.25, 0.3) is 0 Å². The molecule has 5 aromatic carbocycles. The number of likely N-dealkylation sites (N-methyl/N-ethyl adjacent to an activating group) is 5. The Morgan fingerprint density at radius 1 is 0.341 bits per heavy atom. The molecule has 20 nitrogen and oxygen atoms in total. The van der Waals surface area contributed by atoms with Crippen molar-refractivity contribution >= 4 is 89.5 Å². The molecule has 516 valence electrons. The van der Waals surface area contributed by atoms with Crippen molar-refractivity contribution in [2.24, 2.45) is 11.5 Å². The van der Waals surface area contributed by atoms with Crippen LogP contribution in [-0.4, -0.2) is 179 Å². The van der Waals surface area contributed by atoms with E-state index in [1.54, 1.807) is 0 Å². The summed E-state index contributed by atoms with van der Waals surface area (Å²) in [4.78, 5) is 64.7. The molecule has 0 radical (unpaired) electrons. The highest BCUT2D eigenvalue weighted by molar-refractivity contribution is 7.72. The van der Waals surface area contributed by atoms with Crippen molar-refractivity contribution in [1.29, 1.82) is 0 Å². The summed E-state index contributed by atoms with van der Waals surface area (Å²) in [6.07, 6.45) is 0. The monoisotopic (exact) mass is 1360 g/mol. The first-order valence-corrected chi connectivity index (χ1v) is 33.2. The molecular formula is C66H112N10O10S5. The Morgan fingerprint density at radius 3 is 0.824 bits per heavy atom. The number of nitrogens with one attached hydrogen (secondary N) is 5. The van der Waals surface area contributed by atoms with Crippen LogP contribution in [-0.2, 0) is 50.8 Å². The van der Waals surface area contributed by atoms with Crippen LogP contribution in [0.2, 0.25) is 0 Å². The quantitative estimate of drug-likeness (QED) is 0.0156. The zero-order valence-corrected chi connectivity index (χ0v) is 62.8. The molecule has 25 heteroatoms. The van der Waals surface area contributed by atoms with E-state index in [2.05, 4.69) is 115 Å². The molecule has 0 saturated carbocycles. The van der Waals surface area contributed by atoms with Gasteiger partial charge in [0.25, 0.3) is 0 Å². The first kappa shape index (κ1) is 85.1. The molecule has 0 atom stereocenters. The van der Waals surface area contributed by atoms with Gasteiger partial charge in [0.05, 0.1) is 117 Å². The van der Waals surface area contributed by atoms with E-state index in [-0.39, 0.29) is 54.2 Å². The lowest BCUT2D eigenvalue weighted by atomic mass is 9.82. The molecule has 5 rings (SSSR count). The van der Waals surface area contributed by atoms with Gasteiger partial charge in [0.1, 0.15) is 0 Å². The van der Waals surface area contributed by atoms with Gasteiger partial charge in [-0.1, -0.05) is 165 Å². The van der Waals surface area contributed by atoms with Gasteiger partial charge in [-0.15, -0.1) is 0 Å². The van der Waals surface area contributed by atoms with Crippen molar-refractivity contribution in [1.82, 2.24) is 15.5 Å². The van der Waals surface area contributed by atoms with Crippen molar-refractivity contribution in [2.45, 2.75) is 131 Å². The van der Waals surface area contributed by atoms with Crippen LogP contribution in [0.4, 0.5) is 28.4 Å². The molecule has 9 N–H and O–H groups in total. The van der Waals surface area contributed by atoms with Gasteiger partial charge in [0, 0.05) is 107 Å². The van der Waals surface area contributed by atoms with Gasteiger partial charge in [0.2, 0.25) is 27.1 Å². The predicted octanol–water partition coefficient (Wildman–Crippen LogP) is 7.86. The summed E-state index contributed by atoms with van der Waals surface area (Å²) in [5.41, 5.74) is 18.5. The van der Waals surface area contributed by atoms with Gasteiger partial charge < -0.3 is 76.4 Å². The van der Waals surface area contributed by atoms with Crippen LogP contribution in [0, 0.1) is 22.6 Å². The minimum Gasteiger partial charge on any atom is -0.379 e. The van der Waals surface area contributed by atoms with Gasteiger partial charge in [-0.3, -0.25) is 24.0 Å². The van der Waals surface area contributed by atoms with Crippen molar-refractivity contribution in [2.75, 3.05) is 200 Å². The van der Waals surface area contributed by atoms with Crippen LogP contribution in [0.1, 0.15) is 132 Å². The molecule has 0 unspecified atom stereocenters. The summed E-state index contributed by atoms with van der Waals surface area (Å²) in [5, 5.41) is 15.4. The third-order valence-corrected chi connectivity index (χ3v) is 15.9. The fraction of sp³-hybridized carbons (Fsp3) is 0.697. The highest BCUT2D eigenvalue weighted by atomic mass is 32.1. The average Bonchev–Trinajstić information content (AvgIpc) is 0.795. The van der Waals surface area contributed by atoms with Gasteiger partial charge in [-0.05, 0) is 55.3 Å². The molecule has 0 bridgehead atoms. The Balaban J connectivity index is 0.000000569. The zero-order valence-electron chi connectivity index (χ0n) is 58.8. The van der Waals surface area contributed by atoms with Crippen molar-refractivity contribution in [3.8, 4) is 0 Å². The van der Waals surface area contributed by atoms with E-state index >= 15 is 0 Å². The highest BCUT2D eigenvalue weighted by Gasteiger charge is 2.33. The first-order valence-electron chi connectivity index (χ1n) is 31.2. The second kappa shape index (κ2) is 39.8. The van der Waals surface area contributed by atoms with Crippen molar-refractivity contribution in [3.05, 3.63) is 101 Å². The number of anilines is 5. The second-order valence-corrected chi connectivity index (χ2v) is 29.6. The van der Waals surface area contributed by atoms with Crippen LogP contribution in [0.3, 0.4) is 0 Å². The predicted molar refractivity (Wildman–Crippen MR) is 394 cm³/mol. The number of ether oxygens (including phenoxy) is 5. The van der Waals surface area contributed by atoms with Gasteiger partial charge in [-0.2, -0.15) is 0 Å². The number of hydrogen-bond donors (Lipinski definition) is 7. The summed E-state index contributed by atoms with van der Waals surface area (Å²) < 4.78 is 29.3. The zero-order chi connectivity index (χ0) is 70.0. The number of hydrogen-bond acceptors (Lipinski definition) is 25. The van der Waals surface area contributed by atoms with Crippen LogP contribution in [0.5, 0.6) is 0 Å². The van der Waals surface area contributed by atoms with Crippen molar-refractivity contribution < 1.29 is 23.7 Å². The Morgan fingerprint density at radius 2 is 0.571 bits per heavy atom.